The van der Waals surface area contributed by atoms with Gasteiger partial charge < -0.3 is 14.5 Å². The summed E-state index contributed by atoms with van der Waals surface area (Å²) in [6.45, 7) is 0. The molecule has 96 valence electrons. The Kier molecular flexibility index (Phi) is 2.75. The lowest BCUT2D eigenvalue weighted by Gasteiger charge is -2.08. The number of rotatable bonds is 3. The highest BCUT2D eigenvalue weighted by molar-refractivity contribution is 5.78. The third kappa shape index (κ3) is 1.97. The van der Waals surface area contributed by atoms with Gasteiger partial charge in [0.15, 0.2) is 11.5 Å². The van der Waals surface area contributed by atoms with Gasteiger partial charge in [0, 0.05) is 5.56 Å². The first-order valence-corrected chi connectivity index (χ1v) is 5.70. The van der Waals surface area contributed by atoms with Gasteiger partial charge in [0.25, 0.3) is 0 Å². The molecule has 0 fully saturated rings. The molecule has 0 unspecified atom stereocenters. The predicted octanol–water partition coefficient (Wildman–Crippen LogP) is 2.04. The minimum atomic E-state index is 0.664. The van der Waals surface area contributed by atoms with Crippen LogP contribution in [0.5, 0.6) is 11.5 Å². The minimum Gasteiger partial charge on any atom is -0.493 e. The number of imidazole rings is 1. The van der Waals surface area contributed by atoms with E-state index in [1.807, 2.05) is 18.2 Å². The number of aromatic nitrogens is 4. The van der Waals surface area contributed by atoms with Crippen LogP contribution in [0.2, 0.25) is 0 Å². The first-order chi connectivity index (χ1) is 9.31. The van der Waals surface area contributed by atoms with Crippen LogP contribution >= 0.6 is 0 Å². The van der Waals surface area contributed by atoms with Crippen molar-refractivity contribution in [2.45, 2.75) is 0 Å². The maximum Gasteiger partial charge on any atom is 0.161 e. The molecule has 19 heavy (non-hydrogen) atoms. The SMILES string of the molecule is COc1ccc(-c2nc3cnncc3[nH]2)cc1OC. The summed E-state index contributed by atoms with van der Waals surface area (Å²) < 4.78 is 10.5. The van der Waals surface area contributed by atoms with Crippen molar-refractivity contribution in [1.82, 2.24) is 20.2 Å². The summed E-state index contributed by atoms with van der Waals surface area (Å²) in [5, 5.41) is 7.62. The second kappa shape index (κ2) is 4.56. The molecule has 6 heteroatoms. The van der Waals surface area contributed by atoms with E-state index in [2.05, 4.69) is 20.2 Å². The zero-order valence-corrected chi connectivity index (χ0v) is 10.5. The number of H-pyrrole nitrogens is 1. The van der Waals surface area contributed by atoms with Crippen LogP contribution in [0.1, 0.15) is 0 Å². The lowest BCUT2D eigenvalue weighted by atomic mass is 10.2. The molecule has 3 rings (SSSR count). The van der Waals surface area contributed by atoms with Gasteiger partial charge in [-0.25, -0.2) is 4.98 Å². The zero-order chi connectivity index (χ0) is 13.2. The molecular weight excluding hydrogens is 244 g/mol. The zero-order valence-electron chi connectivity index (χ0n) is 10.5. The van der Waals surface area contributed by atoms with E-state index in [9.17, 15) is 0 Å². The van der Waals surface area contributed by atoms with E-state index in [1.54, 1.807) is 26.6 Å². The second-order valence-corrected chi connectivity index (χ2v) is 3.94. The number of aromatic amines is 1. The largest absolute Gasteiger partial charge is 0.493 e. The summed E-state index contributed by atoms with van der Waals surface area (Å²) in [4.78, 5) is 7.65. The quantitative estimate of drug-likeness (QED) is 0.776. The lowest BCUT2D eigenvalue weighted by molar-refractivity contribution is 0.355. The Morgan fingerprint density at radius 3 is 2.53 bits per heavy atom. The van der Waals surface area contributed by atoms with Gasteiger partial charge in [-0.1, -0.05) is 0 Å². The molecule has 0 aliphatic heterocycles. The van der Waals surface area contributed by atoms with Gasteiger partial charge in [0.2, 0.25) is 0 Å². The van der Waals surface area contributed by atoms with Gasteiger partial charge in [-0.3, -0.25) is 0 Å². The lowest BCUT2D eigenvalue weighted by Crippen LogP contribution is -1.91. The fraction of sp³-hybridized carbons (Fsp3) is 0.154. The number of hydrogen-bond acceptors (Lipinski definition) is 5. The Balaban J connectivity index is 2.10. The van der Waals surface area contributed by atoms with Gasteiger partial charge in [0.05, 0.1) is 32.1 Å². The van der Waals surface area contributed by atoms with Crippen LogP contribution in [0, 0.1) is 0 Å². The summed E-state index contributed by atoms with van der Waals surface area (Å²) in [6.07, 6.45) is 3.27. The molecule has 0 amide bonds. The normalized spacial score (nSPS) is 10.6. The Labute approximate surface area is 109 Å². The number of nitrogens with zero attached hydrogens (tertiary/aromatic N) is 3. The molecule has 2 heterocycles. The average molecular weight is 256 g/mol. The van der Waals surface area contributed by atoms with Crippen LogP contribution in [-0.4, -0.2) is 34.4 Å². The molecule has 0 aliphatic rings. The Morgan fingerprint density at radius 2 is 1.79 bits per heavy atom. The third-order valence-electron chi connectivity index (χ3n) is 2.85. The van der Waals surface area contributed by atoms with Gasteiger partial charge in [0.1, 0.15) is 11.3 Å². The van der Waals surface area contributed by atoms with Gasteiger partial charge in [-0.05, 0) is 18.2 Å². The summed E-state index contributed by atoms with van der Waals surface area (Å²) in [6, 6.07) is 5.63. The molecule has 0 spiro atoms. The summed E-state index contributed by atoms with van der Waals surface area (Å²) in [5.74, 6) is 2.09. The number of fused-ring (bicyclic) bond motifs is 1. The number of benzene rings is 1. The summed E-state index contributed by atoms with van der Waals surface area (Å²) in [5.41, 5.74) is 2.54. The Hall–Kier alpha value is -2.63. The van der Waals surface area contributed by atoms with Crippen molar-refractivity contribution in [2.24, 2.45) is 0 Å². The predicted molar refractivity (Wildman–Crippen MR) is 70.2 cm³/mol. The van der Waals surface area contributed by atoms with E-state index in [4.69, 9.17) is 9.47 Å². The molecule has 0 saturated carbocycles. The van der Waals surface area contributed by atoms with E-state index < -0.39 is 0 Å². The topological polar surface area (TPSA) is 72.9 Å². The van der Waals surface area contributed by atoms with E-state index in [-0.39, 0.29) is 0 Å². The molecule has 1 aromatic carbocycles. The smallest absolute Gasteiger partial charge is 0.161 e. The fourth-order valence-electron chi connectivity index (χ4n) is 1.90. The van der Waals surface area contributed by atoms with Crippen molar-refractivity contribution >= 4 is 11.0 Å². The van der Waals surface area contributed by atoms with Crippen molar-refractivity contribution in [2.75, 3.05) is 14.2 Å². The molecule has 0 saturated heterocycles. The van der Waals surface area contributed by atoms with Crippen LogP contribution in [0.25, 0.3) is 22.4 Å². The molecule has 3 aromatic rings. The Morgan fingerprint density at radius 1 is 1.00 bits per heavy atom. The van der Waals surface area contributed by atoms with Crippen LogP contribution < -0.4 is 9.47 Å². The fourth-order valence-corrected chi connectivity index (χ4v) is 1.90. The summed E-state index contributed by atoms with van der Waals surface area (Å²) >= 11 is 0. The average Bonchev–Trinajstić information content (AvgIpc) is 2.90. The van der Waals surface area contributed by atoms with Gasteiger partial charge in [-0.2, -0.15) is 10.2 Å². The highest BCUT2D eigenvalue weighted by Crippen LogP contribution is 2.31. The first kappa shape index (κ1) is 11.5. The van der Waals surface area contributed by atoms with Crippen LogP contribution in [0.3, 0.4) is 0 Å². The van der Waals surface area contributed by atoms with Crippen molar-refractivity contribution in [1.29, 1.82) is 0 Å². The maximum atomic E-state index is 5.28. The Bertz CT molecular complexity index is 690. The molecule has 6 nitrogen and oxygen atoms in total. The van der Waals surface area contributed by atoms with E-state index >= 15 is 0 Å². The van der Waals surface area contributed by atoms with Crippen LogP contribution in [0.4, 0.5) is 0 Å². The molecular formula is C13H12N4O2. The highest BCUT2D eigenvalue weighted by atomic mass is 16.5. The van der Waals surface area contributed by atoms with Crippen molar-refractivity contribution < 1.29 is 9.47 Å². The standard InChI is InChI=1S/C13H12N4O2/c1-18-11-4-3-8(5-12(11)19-2)13-16-9-6-14-15-7-10(9)17-13/h3-7H,1-2H3,(H,16,17). The highest BCUT2D eigenvalue weighted by Gasteiger charge is 2.09. The van der Waals surface area contributed by atoms with Gasteiger partial charge >= 0.3 is 0 Å². The molecule has 1 N–H and O–H groups in total. The maximum absolute atomic E-state index is 5.28. The monoisotopic (exact) mass is 256 g/mol. The van der Waals surface area contributed by atoms with Crippen LogP contribution in [-0.2, 0) is 0 Å². The van der Waals surface area contributed by atoms with E-state index in [0.29, 0.717) is 11.5 Å². The van der Waals surface area contributed by atoms with Gasteiger partial charge in [-0.15, -0.1) is 0 Å². The minimum absolute atomic E-state index is 0.664. The summed E-state index contributed by atoms with van der Waals surface area (Å²) in [7, 11) is 3.21. The first-order valence-electron chi connectivity index (χ1n) is 5.70. The molecule has 0 bridgehead atoms. The van der Waals surface area contributed by atoms with Crippen molar-refractivity contribution in [3.05, 3.63) is 30.6 Å². The number of hydrogen-bond donors (Lipinski definition) is 1. The molecule has 0 atom stereocenters. The number of methoxy groups -OCH3 is 2. The molecule has 2 aromatic heterocycles. The second-order valence-electron chi connectivity index (χ2n) is 3.94. The van der Waals surface area contributed by atoms with Crippen molar-refractivity contribution in [3.8, 4) is 22.9 Å². The third-order valence-corrected chi connectivity index (χ3v) is 2.85. The number of ether oxygens (including phenoxy) is 2. The molecule has 0 aliphatic carbocycles. The van der Waals surface area contributed by atoms with Crippen LogP contribution in [0.15, 0.2) is 30.6 Å². The van der Waals surface area contributed by atoms with Crippen molar-refractivity contribution in [3.63, 3.8) is 0 Å². The number of nitrogens with one attached hydrogen (secondary N) is 1. The van der Waals surface area contributed by atoms with E-state index in [0.717, 1.165) is 22.4 Å². The van der Waals surface area contributed by atoms with E-state index in [1.165, 1.54) is 0 Å². The molecule has 0 radical (unpaired) electrons.